The fourth-order valence-corrected chi connectivity index (χ4v) is 3.43. The van der Waals surface area contributed by atoms with Crippen LogP contribution in [0.1, 0.15) is 29.4 Å². The van der Waals surface area contributed by atoms with Crippen LogP contribution in [0.3, 0.4) is 0 Å². The van der Waals surface area contributed by atoms with Gasteiger partial charge in [-0.3, -0.25) is 14.4 Å². The molecule has 25 heavy (non-hydrogen) atoms. The van der Waals surface area contributed by atoms with Gasteiger partial charge in [-0.15, -0.1) is 11.3 Å². The highest BCUT2D eigenvalue weighted by molar-refractivity contribution is 7.12. The normalized spacial score (nSPS) is 16.3. The fourth-order valence-electron chi connectivity index (χ4n) is 2.74. The van der Waals surface area contributed by atoms with E-state index in [1.807, 2.05) is 18.4 Å². The Labute approximate surface area is 151 Å². The zero-order chi connectivity index (χ0) is 18.2. The van der Waals surface area contributed by atoms with Crippen molar-refractivity contribution in [3.63, 3.8) is 0 Å². The molecule has 138 valence electrons. The third-order valence-electron chi connectivity index (χ3n) is 4.02. The number of hydrogen-bond acceptors (Lipinski definition) is 6. The maximum Gasteiger partial charge on any atom is 0.309 e. The Hall–Kier alpha value is -1.93. The minimum absolute atomic E-state index is 0.00771. The lowest BCUT2D eigenvalue weighted by Crippen LogP contribution is -2.41. The Morgan fingerprint density at radius 2 is 2.08 bits per heavy atom. The van der Waals surface area contributed by atoms with Gasteiger partial charge in [-0.2, -0.15) is 0 Å². The lowest BCUT2D eigenvalue weighted by atomic mass is 9.97. The molecule has 1 aliphatic heterocycles. The Balaban J connectivity index is 1.70. The summed E-state index contributed by atoms with van der Waals surface area (Å²) in [6, 6.07) is 3.51. The number of likely N-dealkylation sites (tertiary alicyclic amines) is 1. The highest BCUT2D eigenvalue weighted by Crippen LogP contribution is 2.21. The first kappa shape index (κ1) is 19.4. The van der Waals surface area contributed by atoms with E-state index in [0.717, 1.165) is 0 Å². The predicted octanol–water partition coefficient (Wildman–Crippen LogP) is 1.29. The second-order valence-corrected chi connectivity index (χ2v) is 7.02. The van der Waals surface area contributed by atoms with Gasteiger partial charge in [0.2, 0.25) is 0 Å². The van der Waals surface area contributed by atoms with Gasteiger partial charge in [0.15, 0.2) is 6.61 Å². The molecule has 2 heterocycles. The van der Waals surface area contributed by atoms with E-state index in [9.17, 15) is 14.4 Å². The molecule has 1 aromatic rings. The molecule has 1 atom stereocenters. The molecule has 8 heteroatoms. The Kier molecular flexibility index (Phi) is 7.39. The number of rotatable bonds is 7. The molecule has 0 radical (unpaired) electrons. The fraction of sp³-hybridized carbons (Fsp3) is 0.588. The van der Waals surface area contributed by atoms with Crippen LogP contribution in [-0.2, 0) is 19.1 Å². The van der Waals surface area contributed by atoms with E-state index in [2.05, 4.69) is 5.32 Å². The average molecular weight is 368 g/mol. The van der Waals surface area contributed by atoms with E-state index >= 15 is 0 Å². The number of methoxy groups -OCH3 is 1. The van der Waals surface area contributed by atoms with Crippen LogP contribution in [0.5, 0.6) is 0 Å². The summed E-state index contributed by atoms with van der Waals surface area (Å²) in [6.07, 6.45) is 1.11. The van der Waals surface area contributed by atoms with Gasteiger partial charge < -0.3 is 19.7 Å². The van der Waals surface area contributed by atoms with Crippen molar-refractivity contribution >= 4 is 29.1 Å². The molecule has 1 N–H and O–H groups in total. The average Bonchev–Trinajstić information content (AvgIpc) is 3.14. The second-order valence-electron chi connectivity index (χ2n) is 6.08. The summed E-state index contributed by atoms with van der Waals surface area (Å²) in [6.45, 7) is 2.96. The molecule has 2 rings (SSSR count). The minimum Gasteiger partial charge on any atom is -0.455 e. The van der Waals surface area contributed by atoms with E-state index < -0.39 is 0 Å². The van der Waals surface area contributed by atoms with Crippen molar-refractivity contribution in [3.05, 3.63) is 22.4 Å². The van der Waals surface area contributed by atoms with Crippen molar-refractivity contribution in [2.45, 2.75) is 25.8 Å². The van der Waals surface area contributed by atoms with Crippen LogP contribution in [0.15, 0.2) is 17.5 Å². The summed E-state index contributed by atoms with van der Waals surface area (Å²) in [4.78, 5) is 38.5. The number of nitrogens with one attached hydrogen (secondary N) is 1. The van der Waals surface area contributed by atoms with Gasteiger partial charge in [0.1, 0.15) is 0 Å². The van der Waals surface area contributed by atoms with Crippen LogP contribution in [0, 0.1) is 5.92 Å². The van der Waals surface area contributed by atoms with Crippen molar-refractivity contribution < 1.29 is 23.9 Å². The minimum atomic E-state index is -0.377. The monoisotopic (exact) mass is 368 g/mol. The molecule has 0 aromatic carbocycles. The molecule has 0 saturated carbocycles. The molecule has 7 nitrogen and oxygen atoms in total. The summed E-state index contributed by atoms with van der Waals surface area (Å²) >= 11 is 1.42. The lowest BCUT2D eigenvalue weighted by molar-refractivity contribution is -0.154. The van der Waals surface area contributed by atoms with Crippen molar-refractivity contribution in [2.24, 2.45) is 5.92 Å². The first-order valence-corrected chi connectivity index (χ1v) is 9.17. The van der Waals surface area contributed by atoms with Gasteiger partial charge in [-0.05, 0) is 31.2 Å². The summed E-state index contributed by atoms with van der Waals surface area (Å²) < 4.78 is 10.0. The number of hydrogen-bond donors (Lipinski definition) is 1. The van der Waals surface area contributed by atoms with E-state index in [-0.39, 0.29) is 36.4 Å². The van der Waals surface area contributed by atoms with Crippen LogP contribution < -0.4 is 5.32 Å². The lowest BCUT2D eigenvalue weighted by Gasteiger charge is -2.30. The van der Waals surface area contributed by atoms with Crippen molar-refractivity contribution in [1.82, 2.24) is 10.2 Å². The molecule has 0 aliphatic carbocycles. The molecule has 0 bridgehead atoms. The second kappa shape index (κ2) is 9.53. The first-order valence-electron chi connectivity index (χ1n) is 8.29. The number of ether oxygens (including phenoxy) is 2. The van der Waals surface area contributed by atoms with Gasteiger partial charge in [0.25, 0.3) is 11.8 Å². The molecule has 2 amide bonds. The van der Waals surface area contributed by atoms with E-state index in [4.69, 9.17) is 9.47 Å². The molecule has 0 spiro atoms. The number of amides is 2. The number of carbonyl (C=O) groups is 3. The van der Waals surface area contributed by atoms with Crippen LogP contribution in [0.2, 0.25) is 0 Å². The Morgan fingerprint density at radius 3 is 2.68 bits per heavy atom. The predicted molar refractivity (Wildman–Crippen MR) is 93.4 cm³/mol. The van der Waals surface area contributed by atoms with E-state index in [1.54, 1.807) is 18.1 Å². The highest BCUT2D eigenvalue weighted by atomic mass is 32.1. The molecule has 1 aliphatic rings. The third kappa shape index (κ3) is 5.82. The Bertz CT molecular complexity index is 582. The van der Waals surface area contributed by atoms with Crippen molar-refractivity contribution in [3.8, 4) is 0 Å². The standard InChI is InChI=1S/C17H24N2O5S/c1-12(10-23-2)18-15(20)11-24-17(22)13-5-7-19(8-6-13)16(21)14-4-3-9-25-14/h3-4,9,12-13H,5-8,10-11H2,1-2H3,(H,18,20). The molecule has 1 aromatic heterocycles. The number of esters is 1. The molecular formula is C17H24N2O5S. The van der Waals surface area contributed by atoms with Crippen molar-refractivity contribution in [1.29, 1.82) is 0 Å². The van der Waals surface area contributed by atoms with Gasteiger partial charge in [-0.25, -0.2) is 0 Å². The van der Waals surface area contributed by atoms with Crippen LogP contribution in [0.25, 0.3) is 0 Å². The zero-order valence-corrected chi connectivity index (χ0v) is 15.3. The maximum atomic E-state index is 12.3. The number of carbonyl (C=O) groups excluding carboxylic acids is 3. The van der Waals surface area contributed by atoms with E-state index in [0.29, 0.717) is 37.4 Å². The summed E-state index contributed by atoms with van der Waals surface area (Å²) in [7, 11) is 1.55. The molecule has 1 unspecified atom stereocenters. The molecular weight excluding hydrogens is 344 g/mol. The number of thiophene rings is 1. The summed E-state index contributed by atoms with van der Waals surface area (Å²) in [5.41, 5.74) is 0. The van der Waals surface area contributed by atoms with Crippen LogP contribution >= 0.6 is 11.3 Å². The van der Waals surface area contributed by atoms with Crippen molar-refractivity contribution in [2.75, 3.05) is 33.4 Å². The summed E-state index contributed by atoms with van der Waals surface area (Å²) in [5.74, 6) is -0.981. The number of nitrogens with zero attached hydrogens (tertiary/aromatic N) is 1. The maximum absolute atomic E-state index is 12.3. The zero-order valence-electron chi connectivity index (χ0n) is 14.5. The molecule has 1 saturated heterocycles. The van der Waals surface area contributed by atoms with Gasteiger partial charge in [0, 0.05) is 26.2 Å². The first-order chi connectivity index (χ1) is 12.0. The Morgan fingerprint density at radius 1 is 1.36 bits per heavy atom. The third-order valence-corrected chi connectivity index (χ3v) is 4.87. The molecule has 1 fully saturated rings. The quantitative estimate of drug-likeness (QED) is 0.733. The topological polar surface area (TPSA) is 84.9 Å². The number of piperidine rings is 1. The smallest absolute Gasteiger partial charge is 0.309 e. The van der Waals surface area contributed by atoms with Gasteiger partial charge in [-0.1, -0.05) is 6.07 Å². The van der Waals surface area contributed by atoms with Crippen LogP contribution in [0.4, 0.5) is 0 Å². The van der Waals surface area contributed by atoms with E-state index in [1.165, 1.54) is 11.3 Å². The van der Waals surface area contributed by atoms with Crippen LogP contribution in [-0.4, -0.2) is 62.1 Å². The highest BCUT2D eigenvalue weighted by Gasteiger charge is 2.29. The summed E-state index contributed by atoms with van der Waals surface area (Å²) in [5, 5.41) is 4.55. The SMILES string of the molecule is COCC(C)NC(=O)COC(=O)C1CCN(C(=O)c2cccs2)CC1. The van der Waals surface area contributed by atoms with Gasteiger partial charge in [0.05, 0.1) is 17.4 Å². The van der Waals surface area contributed by atoms with Gasteiger partial charge >= 0.3 is 5.97 Å². The largest absolute Gasteiger partial charge is 0.455 e.